The molecule has 602 valence electrons. The maximum atomic E-state index is 5.13. The second kappa shape index (κ2) is 33.5. The lowest BCUT2D eigenvalue weighted by Gasteiger charge is -2.13. The lowest BCUT2D eigenvalue weighted by atomic mass is 9.93. The molecule has 25 rings (SSSR count). The summed E-state index contributed by atoms with van der Waals surface area (Å²) in [5.74, 6) is 1.47. The highest BCUT2D eigenvalue weighted by atomic mass is 32.1. The Kier molecular flexibility index (Phi) is 20.0. The van der Waals surface area contributed by atoms with E-state index in [1.165, 1.54) is 86.9 Å². The highest BCUT2D eigenvalue weighted by Gasteiger charge is 2.21. The Labute approximate surface area is 748 Å². The van der Waals surface area contributed by atoms with Crippen LogP contribution in [0, 0.1) is 0 Å². The number of hydrogen-bond donors (Lipinski definition) is 0. The van der Waals surface area contributed by atoms with Gasteiger partial charge in [-0.25, -0.2) is 29.9 Å². The van der Waals surface area contributed by atoms with Crippen LogP contribution in [0.1, 0.15) is 0 Å². The van der Waals surface area contributed by atoms with Crippen LogP contribution in [0.15, 0.2) is 455 Å². The van der Waals surface area contributed by atoms with Gasteiger partial charge in [-0.2, -0.15) is 0 Å². The fourth-order valence-corrected chi connectivity index (χ4v) is 19.1. The van der Waals surface area contributed by atoms with Gasteiger partial charge in [0, 0.05) is 99.8 Å². The zero-order chi connectivity index (χ0) is 85.5. The number of benzene rings is 18. The molecule has 129 heavy (non-hydrogen) atoms. The van der Waals surface area contributed by atoms with Crippen LogP contribution in [0.25, 0.3) is 242 Å². The number of fused-ring (bicyclic) bond motifs is 14. The van der Waals surface area contributed by atoms with Gasteiger partial charge in [-0.1, -0.05) is 370 Å². The Morgan fingerprint density at radius 3 is 0.930 bits per heavy atom. The molecule has 0 amide bonds. The Morgan fingerprint density at radius 1 is 0.163 bits per heavy atom. The van der Waals surface area contributed by atoms with E-state index in [1.807, 2.05) is 116 Å². The molecule has 0 saturated heterocycles. The third-order valence-electron chi connectivity index (χ3n) is 24.4. The molecular formula is C119H75N9S. The first-order chi connectivity index (χ1) is 63.9. The number of pyridine rings is 3. The van der Waals surface area contributed by atoms with Gasteiger partial charge < -0.3 is 0 Å². The number of rotatable bonds is 12. The third-order valence-corrected chi connectivity index (χ3v) is 25.5. The van der Waals surface area contributed by atoms with Gasteiger partial charge in [0.25, 0.3) is 0 Å². The molecule has 0 atom stereocenters. The molecule has 18 aromatic carbocycles. The van der Waals surface area contributed by atoms with Crippen LogP contribution in [0.4, 0.5) is 0 Å². The first kappa shape index (κ1) is 76.8. The number of hydrogen-bond acceptors (Lipinski definition) is 10. The second-order valence-electron chi connectivity index (χ2n) is 32.2. The molecule has 0 spiro atoms. The summed E-state index contributed by atoms with van der Waals surface area (Å²) in [5, 5.41) is 12.8. The number of para-hydroxylation sites is 3. The molecule has 0 aliphatic heterocycles. The van der Waals surface area contributed by atoms with Crippen molar-refractivity contribution in [3.63, 3.8) is 0 Å². The van der Waals surface area contributed by atoms with Crippen molar-refractivity contribution in [2.75, 3.05) is 0 Å². The molecule has 0 aliphatic carbocycles. The molecule has 0 aliphatic rings. The van der Waals surface area contributed by atoms with Gasteiger partial charge in [-0.3, -0.25) is 15.0 Å². The predicted molar refractivity (Wildman–Crippen MR) is 538 cm³/mol. The van der Waals surface area contributed by atoms with Crippen molar-refractivity contribution < 1.29 is 0 Å². The zero-order valence-corrected chi connectivity index (χ0v) is 70.6. The summed E-state index contributed by atoms with van der Waals surface area (Å²) >= 11 is 1.76. The highest BCUT2D eigenvalue weighted by Crippen LogP contribution is 2.44. The summed E-state index contributed by atoms with van der Waals surface area (Å²) in [4.78, 5) is 44.3. The number of aromatic nitrogens is 9. The molecule has 25 aromatic rings. The van der Waals surface area contributed by atoms with Crippen LogP contribution in [-0.4, -0.2) is 44.9 Å². The fraction of sp³-hybridized carbons (Fsp3) is 0. The molecule has 7 heterocycles. The summed E-state index contributed by atoms with van der Waals surface area (Å²) in [6.07, 6.45) is 5.60. The van der Waals surface area contributed by atoms with Gasteiger partial charge in [0.15, 0.2) is 11.6 Å². The van der Waals surface area contributed by atoms with Crippen molar-refractivity contribution >= 4 is 119 Å². The number of nitrogens with zero attached hydrogens (tertiary/aromatic N) is 9. The third kappa shape index (κ3) is 14.8. The Bertz CT molecular complexity index is 8570. The van der Waals surface area contributed by atoms with E-state index in [9.17, 15) is 0 Å². The smallest absolute Gasteiger partial charge is 0.160 e. The Hall–Kier alpha value is -17.1. The minimum Gasteiger partial charge on any atom is -0.256 e. The van der Waals surface area contributed by atoms with Gasteiger partial charge in [-0.15, -0.1) is 11.3 Å². The fourth-order valence-electron chi connectivity index (χ4n) is 18.0. The molecule has 0 N–H and O–H groups in total. The van der Waals surface area contributed by atoms with Crippen molar-refractivity contribution in [2.45, 2.75) is 0 Å². The molecule has 0 unspecified atom stereocenters. The average molecular weight is 1660 g/mol. The standard InChI is InChI=1S/C41H25N3S.2C39H25N3/c1-2-9-29(10-3-1)38-40-39(34-14-6-7-15-36(34)45-40)44-41(43-38)30-22-18-27(19-23-30)26-16-20-28(21-17-26)35-25-31-11-8-24-42-37(31)33-13-5-4-12-32(33)35;1-2-10-28(11-3-1)38-39(42-36-18-7-6-17-35(36)41-38)30-13-8-12-29(24-30)26-19-21-27(22-20-26)34-25-31-14-9-23-40-37(31)33-16-5-4-15-32(33)34;1-2-9-29(10-3-1)38-34-14-6-7-15-36(34)41-39(42-38)30-22-18-27(19-23-30)26-16-20-28(21-17-26)35-25-31-11-8-24-40-37(31)33-13-5-4-12-32(33)35/h1-25H;2*1-25H. The van der Waals surface area contributed by atoms with Crippen molar-refractivity contribution in [1.82, 2.24) is 44.9 Å². The topological polar surface area (TPSA) is 116 Å². The lowest BCUT2D eigenvalue weighted by molar-refractivity contribution is 1.23. The molecular weight excluding hydrogens is 1590 g/mol. The highest BCUT2D eigenvalue weighted by molar-refractivity contribution is 7.26. The largest absolute Gasteiger partial charge is 0.256 e. The van der Waals surface area contributed by atoms with Crippen molar-refractivity contribution in [3.8, 4) is 135 Å². The Balaban J connectivity index is 0.000000111. The maximum Gasteiger partial charge on any atom is 0.160 e. The minimum atomic E-state index is 0.729. The predicted octanol–water partition coefficient (Wildman–Crippen LogP) is 31.2. The average Bonchev–Trinajstić information content (AvgIpc) is 1.70. The molecule has 0 radical (unpaired) electrons. The first-order valence-corrected chi connectivity index (χ1v) is 44.1. The van der Waals surface area contributed by atoms with Gasteiger partial charge in [0.2, 0.25) is 0 Å². The van der Waals surface area contributed by atoms with Gasteiger partial charge in [-0.05, 0) is 150 Å². The Morgan fingerprint density at radius 2 is 0.481 bits per heavy atom. The van der Waals surface area contributed by atoms with Crippen molar-refractivity contribution in [3.05, 3.63) is 455 Å². The molecule has 10 heteroatoms. The summed E-state index contributed by atoms with van der Waals surface area (Å²) in [7, 11) is 0. The van der Waals surface area contributed by atoms with E-state index in [1.54, 1.807) is 11.3 Å². The van der Waals surface area contributed by atoms with Crippen LogP contribution in [0.5, 0.6) is 0 Å². The second-order valence-corrected chi connectivity index (χ2v) is 33.2. The van der Waals surface area contributed by atoms with E-state index >= 15 is 0 Å². The van der Waals surface area contributed by atoms with Gasteiger partial charge in [0.05, 0.1) is 66.1 Å². The summed E-state index contributed by atoms with van der Waals surface area (Å²) in [5.41, 5.74) is 31.0. The SMILES string of the molecule is c1ccc(-c2nc(-c3ccc(-c4ccc(-c5cc6cccnc6c6ccccc56)cc4)cc3)nc3c2sc2ccccc23)cc1.c1ccc(-c2nc(-c3ccc(-c4ccc(-c5cc6cccnc6c6ccccc56)cc4)cc3)nc3ccccc23)cc1.c1ccc(-c2nc3ccccc3nc2-c2cccc(-c3ccc(-c4cc5cccnc5c5ccccc45)cc3)c2)cc1. The monoisotopic (exact) mass is 1660 g/mol. The molecule has 7 aromatic heterocycles. The molecule has 0 saturated carbocycles. The minimum absolute atomic E-state index is 0.729. The summed E-state index contributed by atoms with van der Waals surface area (Å²) in [6, 6.07) is 153. The summed E-state index contributed by atoms with van der Waals surface area (Å²) in [6.45, 7) is 0. The van der Waals surface area contributed by atoms with E-state index in [0.29, 0.717) is 0 Å². The van der Waals surface area contributed by atoms with Crippen LogP contribution in [-0.2, 0) is 0 Å². The van der Waals surface area contributed by atoms with E-state index in [2.05, 4.69) is 355 Å². The van der Waals surface area contributed by atoms with Crippen LogP contribution < -0.4 is 0 Å². The maximum absolute atomic E-state index is 5.13. The van der Waals surface area contributed by atoms with Crippen molar-refractivity contribution in [1.29, 1.82) is 0 Å². The van der Waals surface area contributed by atoms with E-state index < -0.39 is 0 Å². The van der Waals surface area contributed by atoms with E-state index in [0.717, 1.165) is 155 Å². The van der Waals surface area contributed by atoms with E-state index in [4.69, 9.17) is 29.9 Å². The molecule has 9 nitrogen and oxygen atoms in total. The van der Waals surface area contributed by atoms with Gasteiger partial charge >= 0.3 is 0 Å². The van der Waals surface area contributed by atoms with E-state index in [-0.39, 0.29) is 0 Å². The zero-order valence-electron chi connectivity index (χ0n) is 69.7. The quantitative estimate of drug-likeness (QED) is 0.110. The lowest BCUT2D eigenvalue weighted by Crippen LogP contribution is -1.95. The van der Waals surface area contributed by atoms with Gasteiger partial charge in [0.1, 0.15) is 0 Å². The summed E-state index contributed by atoms with van der Waals surface area (Å²) < 4.78 is 2.35. The normalized spacial score (nSPS) is 11.4. The number of thiophene rings is 1. The van der Waals surface area contributed by atoms with Crippen LogP contribution in [0.3, 0.4) is 0 Å². The van der Waals surface area contributed by atoms with Crippen LogP contribution in [0.2, 0.25) is 0 Å². The molecule has 0 fully saturated rings. The van der Waals surface area contributed by atoms with Crippen LogP contribution >= 0.6 is 11.3 Å². The molecule has 0 bridgehead atoms. The first-order valence-electron chi connectivity index (χ1n) is 43.3. The van der Waals surface area contributed by atoms with Crippen molar-refractivity contribution in [2.24, 2.45) is 0 Å².